The van der Waals surface area contributed by atoms with Crippen LogP contribution < -0.4 is 17.0 Å². The average molecular weight is 319 g/mol. The number of imidazole rings is 1. The number of carbonyl (C=O) groups excluding carboxylic acids is 1. The third-order valence-electron chi connectivity index (χ3n) is 2.50. The number of hydrogen-bond acceptors (Lipinski definition) is 4. The lowest BCUT2D eigenvalue weighted by atomic mass is 10.4. The zero-order chi connectivity index (χ0) is 14.8. The smallest absolute Gasteiger partial charge is 0.333 e. The second kappa shape index (κ2) is 11.3. The lowest BCUT2D eigenvalue weighted by Gasteiger charge is -2.06. The molecule has 0 atom stereocenters. The molecule has 0 N–H and O–H groups in total. The van der Waals surface area contributed by atoms with Gasteiger partial charge in [-0.3, -0.25) is 0 Å². The first-order valence-electron chi connectivity index (χ1n) is 6.58. The predicted octanol–water partition coefficient (Wildman–Crippen LogP) is -2.53. The molecule has 1 rings (SSSR count). The van der Waals surface area contributed by atoms with E-state index in [1.807, 2.05) is 30.3 Å². The summed E-state index contributed by atoms with van der Waals surface area (Å²) in [5.74, 6) is -0.385. The molecule has 0 amide bonds. The molecule has 7 heteroatoms. The molecule has 120 valence electrons. The minimum atomic E-state index is -0.385. The van der Waals surface area contributed by atoms with Crippen molar-refractivity contribution in [2.75, 3.05) is 33.0 Å². The van der Waals surface area contributed by atoms with Gasteiger partial charge in [-0.25, -0.2) is 13.9 Å². The Morgan fingerprint density at radius 2 is 1.81 bits per heavy atom. The Bertz CT molecular complexity index is 434. The van der Waals surface area contributed by atoms with E-state index in [0.29, 0.717) is 32.0 Å². The predicted molar refractivity (Wildman–Crippen MR) is 73.0 cm³/mol. The van der Waals surface area contributed by atoms with Crippen molar-refractivity contribution in [3.8, 4) is 0 Å². The molecule has 0 radical (unpaired) electrons. The molecule has 0 aliphatic rings. The quantitative estimate of drug-likeness (QED) is 0.207. The maximum Gasteiger partial charge on any atom is 0.333 e. The van der Waals surface area contributed by atoms with Gasteiger partial charge in [0.25, 0.3) is 0 Å². The van der Waals surface area contributed by atoms with Gasteiger partial charge in [-0.1, -0.05) is 6.58 Å². The van der Waals surface area contributed by atoms with Crippen molar-refractivity contribution in [3.63, 3.8) is 0 Å². The molecule has 0 fully saturated rings. The fraction of sp³-hybridized carbons (Fsp3) is 0.571. The van der Waals surface area contributed by atoms with E-state index in [0.717, 1.165) is 6.54 Å². The first-order valence-corrected chi connectivity index (χ1v) is 6.58. The van der Waals surface area contributed by atoms with Crippen molar-refractivity contribution in [2.24, 2.45) is 7.05 Å². The highest BCUT2D eigenvalue weighted by molar-refractivity contribution is 5.86. The molecule has 0 saturated carbocycles. The van der Waals surface area contributed by atoms with Gasteiger partial charge in [0.1, 0.15) is 25.5 Å². The maximum absolute atomic E-state index is 11.0. The zero-order valence-corrected chi connectivity index (χ0v) is 13.3. The van der Waals surface area contributed by atoms with E-state index in [9.17, 15) is 4.79 Å². The molecule has 0 aromatic carbocycles. The van der Waals surface area contributed by atoms with E-state index in [1.54, 1.807) is 6.92 Å². The van der Waals surface area contributed by atoms with Gasteiger partial charge in [-0.05, 0) is 6.92 Å². The number of esters is 1. The van der Waals surface area contributed by atoms with Crippen LogP contribution in [0.2, 0.25) is 0 Å². The Hall–Kier alpha value is -1.37. The van der Waals surface area contributed by atoms with Crippen LogP contribution in [0.15, 0.2) is 30.9 Å². The van der Waals surface area contributed by atoms with Crippen LogP contribution in [0, 0.1) is 0 Å². The lowest BCUT2D eigenvalue weighted by Crippen LogP contribution is -3.00. The van der Waals surface area contributed by atoms with Gasteiger partial charge in [-0.2, -0.15) is 0 Å². The van der Waals surface area contributed by atoms with Gasteiger partial charge in [0, 0.05) is 5.57 Å². The van der Waals surface area contributed by atoms with Crippen molar-refractivity contribution in [2.45, 2.75) is 13.5 Å². The van der Waals surface area contributed by atoms with Crippen molar-refractivity contribution < 1.29 is 36.0 Å². The third kappa shape index (κ3) is 9.23. The van der Waals surface area contributed by atoms with Gasteiger partial charge in [-0.15, -0.1) is 0 Å². The van der Waals surface area contributed by atoms with Gasteiger partial charge < -0.3 is 26.6 Å². The van der Waals surface area contributed by atoms with E-state index < -0.39 is 0 Å². The summed E-state index contributed by atoms with van der Waals surface area (Å²) in [7, 11) is 1.98. The van der Waals surface area contributed by atoms with Gasteiger partial charge in [0.05, 0.1) is 33.5 Å². The number of halogens is 1. The molecular formula is C14H23ClN2O4. The highest BCUT2D eigenvalue weighted by Gasteiger charge is 2.02. The lowest BCUT2D eigenvalue weighted by molar-refractivity contribution is -0.671. The van der Waals surface area contributed by atoms with Crippen molar-refractivity contribution >= 4 is 5.97 Å². The zero-order valence-electron chi connectivity index (χ0n) is 12.6. The van der Waals surface area contributed by atoms with E-state index in [1.165, 1.54) is 0 Å². The van der Waals surface area contributed by atoms with Crippen molar-refractivity contribution in [1.29, 1.82) is 0 Å². The summed E-state index contributed by atoms with van der Waals surface area (Å²) in [6, 6.07) is 0. The SMILES string of the molecule is C=C(C)C(=O)OCCOCCOCCn1cc[n+](C)c1.[Cl-]. The fourth-order valence-corrected chi connectivity index (χ4v) is 1.44. The number of ether oxygens (including phenoxy) is 3. The molecule has 0 bridgehead atoms. The van der Waals surface area contributed by atoms with E-state index in [-0.39, 0.29) is 25.0 Å². The Labute approximate surface area is 131 Å². The largest absolute Gasteiger partial charge is 1.00 e. The van der Waals surface area contributed by atoms with Crippen LogP contribution in [0.3, 0.4) is 0 Å². The molecule has 0 aliphatic heterocycles. The summed E-state index contributed by atoms with van der Waals surface area (Å²) in [4.78, 5) is 11.0. The summed E-state index contributed by atoms with van der Waals surface area (Å²) < 4.78 is 19.6. The molecular weight excluding hydrogens is 296 g/mol. The standard InChI is InChI=1S/C14H23N2O4.ClH/c1-13(2)14(17)20-11-10-19-9-8-18-7-6-16-5-4-15(3)12-16;/h4-5,12H,1,6-11H2,2-3H3;1H/q+1;/p-1. The molecule has 21 heavy (non-hydrogen) atoms. The molecule has 1 aromatic heterocycles. The Morgan fingerprint density at radius 1 is 1.19 bits per heavy atom. The van der Waals surface area contributed by atoms with Crippen LogP contribution in [0.1, 0.15) is 6.92 Å². The normalized spacial score (nSPS) is 10.0. The summed E-state index contributed by atoms with van der Waals surface area (Å²) in [6.07, 6.45) is 5.97. The summed E-state index contributed by atoms with van der Waals surface area (Å²) >= 11 is 0. The highest BCUT2D eigenvalue weighted by atomic mass is 35.5. The van der Waals surface area contributed by atoms with Crippen LogP contribution in [-0.2, 0) is 32.6 Å². The highest BCUT2D eigenvalue weighted by Crippen LogP contribution is 1.91. The first-order chi connectivity index (χ1) is 9.59. The number of aryl methyl sites for hydroxylation is 1. The minimum absolute atomic E-state index is 0. The topological polar surface area (TPSA) is 53.6 Å². The molecule has 0 aliphatic carbocycles. The van der Waals surface area contributed by atoms with Gasteiger partial charge in [0.15, 0.2) is 0 Å². The summed E-state index contributed by atoms with van der Waals surface area (Å²) in [5, 5.41) is 0. The third-order valence-corrected chi connectivity index (χ3v) is 2.50. The van der Waals surface area contributed by atoms with Gasteiger partial charge >= 0.3 is 5.97 Å². The fourth-order valence-electron chi connectivity index (χ4n) is 1.44. The molecule has 1 aromatic rings. The molecule has 0 saturated heterocycles. The van der Waals surface area contributed by atoms with Crippen LogP contribution in [0.25, 0.3) is 0 Å². The van der Waals surface area contributed by atoms with Crippen molar-refractivity contribution in [3.05, 3.63) is 30.9 Å². The van der Waals surface area contributed by atoms with Crippen LogP contribution in [0.4, 0.5) is 0 Å². The second-order valence-electron chi connectivity index (χ2n) is 4.46. The molecule has 1 heterocycles. The van der Waals surface area contributed by atoms with E-state index in [4.69, 9.17) is 14.2 Å². The van der Waals surface area contributed by atoms with Crippen LogP contribution >= 0.6 is 0 Å². The number of aromatic nitrogens is 2. The summed E-state index contributed by atoms with van der Waals surface area (Å²) in [6.45, 7) is 8.19. The Kier molecular flexibility index (Phi) is 10.6. The van der Waals surface area contributed by atoms with Crippen LogP contribution in [-0.4, -0.2) is 43.6 Å². The van der Waals surface area contributed by atoms with Crippen LogP contribution in [0.5, 0.6) is 0 Å². The molecule has 6 nitrogen and oxygen atoms in total. The monoisotopic (exact) mass is 318 g/mol. The average Bonchev–Trinajstić information content (AvgIpc) is 2.82. The molecule has 0 unspecified atom stereocenters. The minimum Gasteiger partial charge on any atom is -1.00 e. The van der Waals surface area contributed by atoms with Gasteiger partial charge in [0.2, 0.25) is 6.33 Å². The number of carbonyl (C=O) groups is 1. The maximum atomic E-state index is 11.0. The molecule has 0 spiro atoms. The summed E-state index contributed by atoms with van der Waals surface area (Å²) in [5.41, 5.74) is 0.395. The second-order valence-corrected chi connectivity index (χ2v) is 4.46. The number of rotatable bonds is 10. The number of nitrogens with zero attached hydrogens (tertiary/aromatic N) is 2. The Morgan fingerprint density at radius 3 is 2.38 bits per heavy atom. The Balaban J connectivity index is 0.00000400. The van der Waals surface area contributed by atoms with E-state index in [2.05, 4.69) is 11.1 Å². The van der Waals surface area contributed by atoms with E-state index >= 15 is 0 Å². The number of hydrogen-bond donors (Lipinski definition) is 0. The first kappa shape index (κ1) is 19.6. The van der Waals surface area contributed by atoms with Crippen molar-refractivity contribution in [1.82, 2.24) is 4.57 Å².